The average Bonchev–Trinajstić information content (AvgIpc) is 2.75. The molecule has 0 unspecified atom stereocenters. The molecule has 2 aliphatic rings. The van der Waals surface area contributed by atoms with E-state index in [1.54, 1.807) is 12.1 Å². The van der Waals surface area contributed by atoms with E-state index in [2.05, 4.69) is 4.90 Å². The fraction of sp³-hybridized carbons (Fsp3) is 0.500. The molecule has 0 N–H and O–H groups in total. The minimum atomic E-state index is -3.39. The Bertz CT molecular complexity index is 961. The van der Waals surface area contributed by atoms with Gasteiger partial charge in [-0.3, -0.25) is 0 Å². The van der Waals surface area contributed by atoms with Crippen LogP contribution in [0.4, 0.5) is 8.78 Å². The summed E-state index contributed by atoms with van der Waals surface area (Å²) in [6.45, 7) is 2.38. The number of benzene rings is 2. The van der Waals surface area contributed by atoms with Gasteiger partial charge in [-0.25, -0.2) is 17.2 Å². The van der Waals surface area contributed by atoms with Gasteiger partial charge in [-0.15, -0.1) is 0 Å². The van der Waals surface area contributed by atoms with E-state index < -0.39 is 21.5 Å². The highest BCUT2D eigenvalue weighted by atomic mass is 32.2. The predicted octanol–water partition coefficient (Wildman–Crippen LogP) is 5.45. The van der Waals surface area contributed by atoms with Crippen LogP contribution in [0.5, 0.6) is 0 Å². The molecule has 2 fully saturated rings. The third kappa shape index (κ3) is 4.92. The van der Waals surface area contributed by atoms with E-state index in [0.717, 1.165) is 31.7 Å². The monoisotopic (exact) mass is 433 g/mol. The second-order valence-corrected chi connectivity index (χ2v) is 10.7. The molecule has 1 saturated carbocycles. The maximum Gasteiger partial charge on any atom is 0.178 e. The molecule has 0 bridgehead atoms. The first-order valence-electron chi connectivity index (χ1n) is 10.9. The number of hydrogen-bond acceptors (Lipinski definition) is 3. The van der Waals surface area contributed by atoms with Crippen LogP contribution in [0.1, 0.15) is 44.9 Å². The second-order valence-electron chi connectivity index (χ2n) is 8.70. The van der Waals surface area contributed by atoms with Crippen molar-refractivity contribution in [3.63, 3.8) is 0 Å². The summed E-state index contributed by atoms with van der Waals surface area (Å²) in [6, 6.07) is 10.3. The van der Waals surface area contributed by atoms with Crippen LogP contribution in [0.15, 0.2) is 47.4 Å². The van der Waals surface area contributed by atoms with Gasteiger partial charge in [0.1, 0.15) is 11.6 Å². The minimum Gasteiger partial charge on any atom is -0.300 e. The number of halogens is 2. The lowest BCUT2D eigenvalue weighted by molar-refractivity contribution is 0.118. The summed E-state index contributed by atoms with van der Waals surface area (Å²) in [4.78, 5) is 2.87. The van der Waals surface area contributed by atoms with Crippen LogP contribution in [0, 0.1) is 17.6 Å². The van der Waals surface area contributed by atoms with Crippen molar-refractivity contribution in [2.75, 3.05) is 18.8 Å². The van der Waals surface area contributed by atoms with Crippen LogP contribution < -0.4 is 0 Å². The maximum absolute atomic E-state index is 14.0. The molecule has 0 spiro atoms. The molecule has 1 aliphatic heterocycles. The Balaban J connectivity index is 1.38. The highest BCUT2D eigenvalue weighted by molar-refractivity contribution is 7.91. The summed E-state index contributed by atoms with van der Waals surface area (Å²) in [7, 11) is -3.39. The van der Waals surface area contributed by atoms with Crippen molar-refractivity contribution in [2.24, 2.45) is 5.92 Å². The third-order valence-electron chi connectivity index (χ3n) is 6.63. The maximum atomic E-state index is 14.0. The lowest BCUT2D eigenvalue weighted by Gasteiger charge is -2.38. The zero-order valence-electron chi connectivity index (χ0n) is 17.2. The summed E-state index contributed by atoms with van der Waals surface area (Å²) < 4.78 is 52.9. The van der Waals surface area contributed by atoms with E-state index in [4.69, 9.17) is 0 Å². The molecule has 6 heteroatoms. The molecule has 162 valence electrons. The van der Waals surface area contributed by atoms with Gasteiger partial charge in [0.2, 0.25) is 0 Å². The van der Waals surface area contributed by atoms with Crippen LogP contribution >= 0.6 is 0 Å². The summed E-state index contributed by atoms with van der Waals surface area (Å²) in [6.07, 6.45) is 7.99. The highest BCUT2D eigenvalue weighted by Crippen LogP contribution is 2.32. The Morgan fingerprint density at radius 1 is 0.867 bits per heavy atom. The molecule has 1 aliphatic carbocycles. The molecule has 1 saturated heterocycles. The summed E-state index contributed by atoms with van der Waals surface area (Å²) in [5.41, 5.74) is 0.796. The summed E-state index contributed by atoms with van der Waals surface area (Å²) >= 11 is 0. The number of nitrogens with zero attached hydrogens (tertiary/aromatic N) is 1. The van der Waals surface area contributed by atoms with Gasteiger partial charge in [-0.05, 0) is 87.4 Å². The predicted molar refractivity (Wildman–Crippen MR) is 115 cm³/mol. The first kappa shape index (κ1) is 21.4. The van der Waals surface area contributed by atoms with E-state index in [0.29, 0.717) is 11.6 Å². The van der Waals surface area contributed by atoms with Crippen molar-refractivity contribution in [3.05, 3.63) is 54.1 Å². The highest BCUT2D eigenvalue weighted by Gasteiger charge is 2.29. The zero-order valence-corrected chi connectivity index (χ0v) is 18.0. The van der Waals surface area contributed by atoms with E-state index in [-0.39, 0.29) is 22.1 Å². The normalized spacial score (nSPS) is 23.4. The zero-order chi connectivity index (χ0) is 21.1. The van der Waals surface area contributed by atoms with Gasteiger partial charge in [0.15, 0.2) is 9.84 Å². The number of hydrogen-bond donors (Lipinski definition) is 0. The van der Waals surface area contributed by atoms with Gasteiger partial charge in [0.25, 0.3) is 0 Å². The van der Waals surface area contributed by atoms with Gasteiger partial charge in [-0.1, -0.05) is 18.6 Å². The van der Waals surface area contributed by atoms with Crippen LogP contribution in [0.25, 0.3) is 11.1 Å². The van der Waals surface area contributed by atoms with Crippen molar-refractivity contribution in [1.29, 1.82) is 0 Å². The molecule has 30 heavy (non-hydrogen) atoms. The molecular formula is C24H29F2NO2S. The summed E-state index contributed by atoms with van der Waals surface area (Å²) in [5.74, 6) is -0.920. The summed E-state index contributed by atoms with van der Waals surface area (Å²) in [5, 5.41) is 0. The molecule has 0 aromatic heterocycles. The van der Waals surface area contributed by atoms with E-state index >= 15 is 0 Å². The number of likely N-dealkylation sites (tertiary alicyclic amines) is 1. The molecule has 0 radical (unpaired) electrons. The SMILES string of the molecule is O=S(=O)(CC1CCC(N2CCCCC2)CC1)c1ccc(-c2ccc(F)cc2F)cc1. The Hall–Kier alpha value is -1.79. The van der Waals surface area contributed by atoms with Gasteiger partial charge in [-0.2, -0.15) is 0 Å². The van der Waals surface area contributed by atoms with Gasteiger partial charge in [0.05, 0.1) is 10.6 Å². The van der Waals surface area contributed by atoms with Crippen molar-refractivity contribution < 1.29 is 17.2 Å². The molecule has 1 heterocycles. The average molecular weight is 434 g/mol. The van der Waals surface area contributed by atoms with Crippen molar-refractivity contribution >= 4 is 9.84 Å². The topological polar surface area (TPSA) is 37.4 Å². The van der Waals surface area contributed by atoms with Crippen molar-refractivity contribution in [3.8, 4) is 11.1 Å². The molecule has 0 amide bonds. The van der Waals surface area contributed by atoms with Gasteiger partial charge < -0.3 is 4.90 Å². The van der Waals surface area contributed by atoms with Crippen LogP contribution in [0.2, 0.25) is 0 Å². The third-order valence-corrected chi connectivity index (χ3v) is 8.53. The molecule has 3 nitrogen and oxygen atoms in total. The standard InChI is InChI=1S/C24H29F2NO2S/c25-20-8-13-23(24(26)16-20)19-6-11-22(12-7-19)30(28,29)17-18-4-9-21(10-5-18)27-14-2-1-3-15-27/h6-8,11-13,16,18,21H,1-5,9-10,14-15,17H2. The van der Waals surface area contributed by atoms with Gasteiger partial charge in [0, 0.05) is 17.7 Å². The Labute approximate surface area is 178 Å². The van der Waals surface area contributed by atoms with Crippen molar-refractivity contribution in [1.82, 2.24) is 4.90 Å². The number of piperidine rings is 1. The van der Waals surface area contributed by atoms with E-state index in [1.165, 1.54) is 56.6 Å². The molecular weight excluding hydrogens is 404 g/mol. The quantitative estimate of drug-likeness (QED) is 0.629. The molecule has 0 atom stereocenters. The smallest absolute Gasteiger partial charge is 0.178 e. The van der Waals surface area contributed by atoms with Gasteiger partial charge >= 0.3 is 0 Å². The first-order chi connectivity index (χ1) is 14.4. The van der Waals surface area contributed by atoms with E-state index in [1.807, 2.05) is 0 Å². The van der Waals surface area contributed by atoms with Crippen molar-refractivity contribution in [2.45, 2.75) is 55.9 Å². The first-order valence-corrected chi connectivity index (χ1v) is 12.6. The fourth-order valence-electron chi connectivity index (χ4n) is 4.93. The Morgan fingerprint density at radius 3 is 2.17 bits per heavy atom. The van der Waals surface area contributed by atoms with Crippen LogP contribution in [-0.2, 0) is 9.84 Å². The molecule has 4 rings (SSSR count). The second kappa shape index (κ2) is 9.15. The molecule has 2 aromatic carbocycles. The minimum absolute atomic E-state index is 0.171. The number of sulfone groups is 1. The Kier molecular flexibility index (Phi) is 6.54. The lowest BCUT2D eigenvalue weighted by Crippen LogP contribution is -2.41. The fourth-order valence-corrected chi connectivity index (χ4v) is 6.63. The van der Waals surface area contributed by atoms with Crippen LogP contribution in [-0.4, -0.2) is 38.2 Å². The Morgan fingerprint density at radius 2 is 1.53 bits per heavy atom. The van der Waals surface area contributed by atoms with E-state index in [9.17, 15) is 17.2 Å². The molecule has 2 aromatic rings. The number of rotatable bonds is 5. The van der Waals surface area contributed by atoms with Crippen LogP contribution in [0.3, 0.4) is 0 Å². The lowest BCUT2D eigenvalue weighted by atomic mass is 9.86. The largest absolute Gasteiger partial charge is 0.300 e.